The average Bonchev–Trinajstić information content (AvgIpc) is 3.31. The van der Waals surface area contributed by atoms with E-state index in [9.17, 15) is 14.4 Å². The van der Waals surface area contributed by atoms with Crippen LogP contribution in [0.5, 0.6) is 0 Å². The van der Waals surface area contributed by atoms with Gasteiger partial charge in [-0.3, -0.25) is 19.4 Å². The molecule has 2 aliphatic carbocycles. The number of methoxy groups -OCH3 is 1. The number of hydrogen-bond donors (Lipinski definition) is 2. The molecule has 9 nitrogen and oxygen atoms in total. The van der Waals surface area contributed by atoms with Crippen molar-refractivity contribution in [3.8, 4) is 0 Å². The number of fused-ring (bicyclic) bond motifs is 3. The van der Waals surface area contributed by atoms with Gasteiger partial charge in [-0.1, -0.05) is 25.3 Å². The lowest BCUT2D eigenvalue weighted by atomic mass is 9.94. The second-order valence-electron chi connectivity index (χ2n) is 10.5. The Balaban J connectivity index is 1.54. The number of nitrogens with one attached hydrogen (secondary N) is 2. The van der Waals surface area contributed by atoms with Crippen LogP contribution >= 0.6 is 11.3 Å². The molecule has 0 aromatic carbocycles. The van der Waals surface area contributed by atoms with Crippen molar-refractivity contribution in [3.05, 3.63) is 67.4 Å². The molecule has 10 heteroatoms. The summed E-state index contributed by atoms with van der Waals surface area (Å²) in [5.41, 5.74) is 3.02. The third-order valence-corrected chi connectivity index (χ3v) is 9.26. The number of anilines is 1. The van der Waals surface area contributed by atoms with Gasteiger partial charge >= 0.3 is 5.97 Å². The summed E-state index contributed by atoms with van der Waals surface area (Å²) in [6, 6.07) is 5.16. The van der Waals surface area contributed by atoms with E-state index in [0.29, 0.717) is 27.2 Å². The smallest absolute Gasteiger partial charge is 0.341 e. The van der Waals surface area contributed by atoms with Gasteiger partial charge in [-0.05, 0) is 68.7 Å². The molecule has 0 aliphatic heterocycles. The highest BCUT2D eigenvalue weighted by atomic mass is 32.1. The lowest BCUT2D eigenvalue weighted by molar-refractivity contribution is 0.0601. The minimum absolute atomic E-state index is 0.0256. The first-order valence-electron chi connectivity index (χ1n) is 13.5. The molecule has 202 valence electrons. The maximum absolute atomic E-state index is 13.8. The Kier molecular flexibility index (Phi) is 6.58. The van der Waals surface area contributed by atoms with Gasteiger partial charge in [0.1, 0.15) is 21.8 Å². The van der Waals surface area contributed by atoms with E-state index in [1.165, 1.54) is 28.9 Å². The standard InChI is InChI=1S/C29H31N5O4S/c1-16-9-8-14-33-24(16)31-25-20(28(33)36)15-19(23(30)34(25)17-10-4-3-5-11-17)26(35)32-27-22(29(37)38-2)18-12-6-7-13-21(18)39-27/h8-9,14-15,17,30H,3-7,10-13H2,1-2H3,(H,32,35). The van der Waals surface area contributed by atoms with E-state index in [4.69, 9.17) is 15.1 Å². The second-order valence-corrected chi connectivity index (χ2v) is 11.6. The molecule has 39 heavy (non-hydrogen) atoms. The summed E-state index contributed by atoms with van der Waals surface area (Å²) >= 11 is 1.40. The van der Waals surface area contributed by atoms with E-state index in [0.717, 1.165) is 73.8 Å². The Bertz CT molecular complexity index is 1760. The van der Waals surface area contributed by atoms with Crippen LogP contribution in [0.2, 0.25) is 0 Å². The van der Waals surface area contributed by atoms with Gasteiger partial charge in [0.05, 0.1) is 23.6 Å². The van der Waals surface area contributed by atoms with Crippen LogP contribution < -0.4 is 16.4 Å². The zero-order valence-corrected chi connectivity index (χ0v) is 23.0. The van der Waals surface area contributed by atoms with Gasteiger partial charge in [-0.15, -0.1) is 11.3 Å². The number of carbonyl (C=O) groups is 2. The first kappa shape index (κ1) is 25.5. The number of pyridine rings is 2. The Hall–Kier alpha value is -3.79. The molecular weight excluding hydrogens is 514 g/mol. The fraction of sp³-hybridized carbons (Fsp3) is 0.414. The van der Waals surface area contributed by atoms with Crippen LogP contribution in [0.4, 0.5) is 5.00 Å². The number of aromatic nitrogens is 3. The molecule has 4 aromatic rings. The fourth-order valence-electron chi connectivity index (χ4n) is 6.07. The summed E-state index contributed by atoms with van der Waals surface area (Å²) in [7, 11) is 1.34. The molecular formula is C29H31N5O4S. The van der Waals surface area contributed by atoms with Crippen molar-refractivity contribution in [1.82, 2.24) is 14.0 Å². The maximum Gasteiger partial charge on any atom is 0.341 e. The third kappa shape index (κ3) is 4.27. The van der Waals surface area contributed by atoms with E-state index in [1.54, 1.807) is 16.8 Å². The number of carbonyl (C=O) groups excluding carboxylic acids is 2. The number of aryl methyl sites for hydroxylation is 2. The molecule has 0 unspecified atom stereocenters. The van der Waals surface area contributed by atoms with Crippen molar-refractivity contribution in [3.63, 3.8) is 0 Å². The SMILES string of the molecule is COC(=O)c1c(NC(=O)c2cc3c(=O)n4cccc(C)c4nc3n(C3CCCCC3)c2=N)sc2c1CCCC2. The summed E-state index contributed by atoms with van der Waals surface area (Å²) in [5, 5.41) is 12.8. The third-order valence-electron chi connectivity index (χ3n) is 8.05. The number of thiophene rings is 1. The molecule has 0 atom stereocenters. The minimum atomic E-state index is -0.524. The topological polar surface area (TPSA) is 119 Å². The molecule has 2 aliphatic rings. The van der Waals surface area contributed by atoms with Crippen LogP contribution in [0.1, 0.15) is 87.7 Å². The van der Waals surface area contributed by atoms with Gasteiger partial charge in [0, 0.05) is 17.1 Å². The lowest BCUT2D eigenvalue weighted by Gasteiger charge is -2.26. The van der Waals surface area contributed by atoms with E-state index in [1.807, 2.05) is 13.0 Å². The van der Waals surface area contributed by atoms with Crippen LogP contribution in [-0.2, 0) is 17.6 Å². The van der Waals surface area contributed by atoms with Gasteiger partial charge in [-0.2, -0.15) is 0 Å². The number of hydrogen-bond acceptors (Lipinski definition) is 7. The number of ether oxygens (including phenoxy) is 1. The summed E-state index contributed by atoms with van der Waals surface area (Å²) in [5.74, 6) is -1.00. The lowest BCUT2D eigenvalue weighted by Crippen LogP contribution is -2.35. The summed E-state index contributed by atoms with van der Waals surface area (Å²) in [6.45, 7) is 1.90. The summed E-state index contributed by atoms with van der Waals surface area (Å²) in [4.78, 5) is 46.2. The highest BCUT2D eigenvalue weighted by molar-refractivity contribution is 7.17. The Morgan fingerprint density at radius 3 is 2.67 bits per heavy atom. The number of amides is 1. The molecule has 2 N–H and O–H groups in total. The van der Waals surface area contributed by atoms with E-state index < -0.39 is 11.9 Å². The van der Waals surface area contributed by atoms with Crippen LogP contribution in [0.15, 0.2) is 29.2 Å². The number of nitrogens with zero attached hydrogens (tertiary/aromatic N) is 3. The normalized spacial score (nSPS) is 15.8. The largest absolute Gasteiger partial charge is 0.465 e. The number of rotatable bonds is 4. The van der Waals surface area contributed by atoms with Crippen molar-refractivity contribution < 1.29 is 14.3 Å². The van der Waals surface area contributed by atoms with Crippen LogP contribution in [0, 0.1) is 12.3 Å². The zero-order valence-electron chi connectivity index (χ0n) is 22.1. The Morgan fingerprint density at radius 1 is 1.13 bits per heavy atom. The molecule has 1 saturated carbocycles. The summed E-state index contributed by atoms with van der Waals surface area (Å²) < 4.78 is 8.34. The highest BCUT2D eigenvalue weighted by Gasteiger charge is 2.29. The predicted octanol–water partition coefficient (Wildman–Crippen LogP) is 4.92. The molecule has 4 aromatic heterocycles. The molecule has 6 rings (SSSR count). The first-order chi connectivity index (χ1) is 18.9. The van der Waals surface area contributed by atoms with Crippen LogP contribution in [0.3, 0.4) is 0 Å². The average molecular weight is 546 g/mol. The zero-order chi connectivity index (χ0) is 27.3. The molecule has 1 amide bonds. The molecule has 4 heterocycles. The predicted molar refractivity (Wildman–Crippen MR) is 150 cm³/mol. The van der Waals surface area contributed by atoms with E-state index in [-0.39, 0.29) is 22.7 Å². The van der Waals surface area contributed by atoms with Gasteiger partial charge in [0.2, 0.25) is 0 Å². The fourth-order valence-corrected chi connectivity index (χ4v) is 7.34. The quantitative estimate of drug-likeness (QED) is 0.279. The van der Waals surface area contributed by atoms with Gasteiger partial charge in [0.15, 0.2) is 0 Å². The second kappa shape index (κ2) is 10.1. The molecule has 0 saturated heterocycles. The van der Waals surface area contributed by atoms with Crippen molar-refractivity contribution in [2.24, 2.45) is 0 Å². The molecule has 0 spiro atoms. The van der Waals surface area contributed by atoms with Crippen molar-refractivity contribution in [2.45, 2.75) is 70.8 Å². The van der Waals surface area contributed by atoms with Crippen LogP contribution in [0.25, 0.3) is 16.7 Å². The van der Waals surface area contributed by atoms with E-state index in [2.05, 4.69) is 5.32 Å². The monoisotopic (exact) mass is 545 g/mol. The molecule has 0 radical (unpaired) electrons. The first-order valence-corrected chi connectivity index (χ1v) is 14.4. The maximum atomic E-state index is 13.8. The van der Waals surface area contributed by atoms with Gasteiger partial charge in [0.25, 0.3) is 11.5 Å². The van der Waals surface area contributed by atoms with Gasteiger partial charge < -0.3 is 14.6 Å². The highest BCUT2D eigenvalue weighted by Crippen LogP contribution is 2.39. The van der Waals surface area contributed by atoms with Crippen LogP contribution in [-0.4, -0.2) is 32.9 Å². The Morgan fingerprint density at radius 2 is 1.90 bits per heavy atom. The van der Waals surface area contributed by atoms with Crippen molar-refractivity contribution in [2.75, 3.05) is 12.4 Å². The van der Waals surface area contributed by atoms with Crippen molar-refractivity contribution in [1.29, 1.82) is 5.41 Å². The minimum Gasteiger partial charge on any atom is -0.465 e. The molecule has 0 bridgehead atoms. The molecule has 1 fully saturated rings. The Labute approximate surface area is 229 Å². The van der Waals surface area contributed by atoms with Gasteiger partial charge in [-0.25, -0.2) is 9.78 Å². The van der Waals surface area contributed by atoms with E-state index >= 15 is 0 Å². The number of esters is 1. The summed E-state index contributed by atoms with van der Waals surface area (Å²) in [6.07, 6.45) is 10.2. The van der Waals surface area contributed by atoms with Crippen molar-refractivity contribution >= 4 is 44.9 Å².